The minimum atomic E-state index is 0.692. The van der Waals surface area contributed by atoms with Crippen LogP contribution in [0.15, 0.2) is 46.7 Å². The van der Waals surface area contributed by atoms with Crippen molar-refractivity contribution in [1.82, 2.24) is 25.9 Å². The molecule has 0 saturated carbocycles. The van der Waals surface area contributed by atoms with Gasteiger partial charge in [-0.25, -0.2) is 5.53 Å². The molecular formula is C12H14N6S. The Labute approximate surface area is 116 Å². The molecule has 0 aliphatic carbocycles. The van der Waals surface area contributed by atoms with Crippen LogP contribution in [-0.2, 0) is 6.54 Å². The van der Waals surface area contributed by atoms with Gasteiger partial charge in [0.05, 0.1) is 18.3 Å². The number of aromatic nitrogens is 2. The molecule has 19 heavy (non-hydrogen) atoms. The van der Waals surface area contributed by atoms with Crippen LogP contribution < -0.4 is 11.1 Å². The van der Waals surface area contributed by atoms with Crippen LogP contribution in [0.2, 0.25) is 0 Å². The summed E-state index contributed by atoms with van der Waals surface area (Å²) in [5.74, 6) is 0.768. The summed E-state index contributed by atoms with van der Waals surface area (Å²) in [6.07, 6.45) is 1.77. The average Bonchev–Trinajstić information content (AvgIpc) is 2.98. The summed E-state index contributed by atoms with van der Waals surface area (Å²) in [5, 5.41) is 11.1. The molecule has 0 amide bonds. The van der Waals surface area contributed by atoms with E-state index in [1.54, 1.807) is 11.2 Å². The van der Waals surface area contributed by atoms with E-state index in [0.717, 1.165) is 16.4 Å². The lowest BCUT2D eigenvalue weighted by atomic mass is 10.2. The summed E-state index contributed by atoms with van der Waals surface area (Å²) < 4.78 is 1.85. The predicted molar refractivity (Wildman–Crippen MR) is 75.6 cm³/mol. The largest absolute Gasteiger partial charge is 0.274 e. The molecule has 1 aromatic carbocycles. The topological polar surface area (TPSA) is 57.5 Å². The van der Waals surface area contributed by atoms with E-state index < -0.39 is 0 Å². The van der Waals surface area contributed by atoms with Crippen molar-refractivity contribution in [2.75, 3.05) is 7.05 Å². The second-order valence-electron chi connectivity index (χ2n) is 4.24. The Morgan fingerprint density at radius 1 is 1.26 bits per heavy atom. The molecule has 2 heterocycles. The number of hydrazine groups is 2. The molecule has 0 radical (unpaired) electrons. The zero-order valence-corrected chi connectivity index (χ0v) is 11.3. The molecule has 2 N–H and O–H groups in total. The fourth-order valence-electron chi connectivity index (χ4n) is 1.93. The van der Waals surface area contributed by atoms with Gasteiger partial charge in [0.15, 0.2) is 5.84 Å². The van der Waals surface area contributed by atoms with Crippen LogP contribution >= 0.6 is 12.6 Å². The number of nitrogens with zero attached hydrogens (tertiary/aromatic N) is 4. The minimum Gasteiger partial charge on any atom is -0.274 e. The molecule has 0 spiro atoms. The Bertz CT molecular complexity index is 606. The summed E-state index contributed by atoms with van der Waals surface area (Å²) >= 11 is 4.55. The van der Waals surface area contributed by atoms with E-state index in [1.165, 1.54) is 5.56 Å². The Morgan fingerprint density at radius 3 is 2.74 bits per heavy atom. The minimum absolute atomic E-state index is 0.692. The number of nitrogens with one attached hydrogen (secondary N) is 2. The summed E-state index contributed by atoms with van der Waals surface area (Å²) in [7, 11) is 1.88. The second kappa shape index (κ2) is 4.94. The van der Waals surface area contributed by atoms with Crippen LogP contribution in [-0.4, -0.2) is 27.7 Å². The summed E-state index contributed by atoms with van der Waals surface area (Å²) in [6, 6.07) is 10.2. The second-order valence-corrected chi connectivity index (χ2v) is 4.67. The van der Waals surface area contributed by atoms with Gasteiger partial charge in [0.25, 0.3) is 0 Å². The molecule has 2 aromatic rings. The first-order valence-corrected chi connectivity index (χ1v) is 6.31. The first kappa shape index (κ1) is 12.1. The van der Waals surface area contributed by atoms with Gasteiger partial charge >= 0.3 is 0 Å². The van der Waals surface area contributed by atoms with Crippen LogP contribution in [0.25, 0.3) is 0 Å². The number of hydrogen-bond acceptors (Lipinski definition) is 6. The van der Waals surface area contributed by atoms with E-state index in [4.69, 9.17) is 0 Å². The molecule has 6 nitrogen and oxygen atoms in total. The molecule has 1 aliphatic heterocycles. The summed E-state index contributed by atoms with van der Waals surface area (Å²) in [5.41, 5.74) is 7.64. The van der Waals surface area contributed by atoms with Crippen LogP contribution in [0.4, 0.5) is 0 Å². The van der Waals surface area contributed by atoms with Gasteiger partial charge in [-0.3, -0.25) is 9.69 Å². The third-order valence-corrected chi connectivity index (χ3v) is 3.40. The molecule has 98 valence electrons. The van der Waals surface area contributed by atoms with E-state index >= 15 is 0 Å². The SMILES string of the molecule is CN1NNN=C1c1cnn(Cc2ccccc2)c1S. The van der Waals surface area contributed by atoms with Gasteiger partial charge < -0.3 is 0 Å². The van der Waals surface area contributed by atoms with Crippen molar-refractivity contribution in [3.63, 3.8) is 0 Å². The molecule has 0 bridgehead atoms. The number of hydrazone groups is 1. The van der Waals surface area contributed by atoms with Gasteiger partial charge in [0.2, 0.25) is 0 Å². The third kappa shape index (κ3) is 2.29. The van der Waals surface area contributed by atoms with Gasteiger partial charge in [-0.05, 0) is 5.56 Å². The van der Waals surface area contributed by atoms with Gasteiger partial charge in [-0.15, -0.1) is 23.3 Å². The maximum absolute atomic E-state index is 4.55. The Hall–Kier alpha value is -1.99. The number of rotatable bonds is 3. The Balaban J connectivity index is 1.87. The van der Waals surface area contributed by atoms with E-state index in [1.807, 2.05) is 29.9 Å². The molecule has 0 saturated heterocycles. The van der Waals surface area contributed by atoms with E-state index in [0.29, 0.717) is 6.54 Å². The number of thiol groups is 1. The van der Waals surface area contributed by atoms with Crippen molar-refractivity contribution < 1.29 is 0 Å². The van der Waals surface area contributed by atoms with Crippen LogP contribution in [0.3, 0.4) is 0 Å². The Kier molecular flexibility index (Phi) is 3.14. The zero-order chi connectivity index (χ0) is 13.2. The maximum atomic E-state index is 4.55. The van der Waals surface area contributed by atoms with Crippen molar-refractivity contribution in [3.8, 4) is 0 Å². The van der Waals surface area contributed by atoms with E-state index in [2.05, 4.69) is 46.0 Å². The Morgan fingerprint density at radius 2 is 2.05 bits per heavy atom. The standard InChI is InChI=1S/C12H14N6S/c1-17-11(14-15-16-17)10-7-13-18(12(10)19)8-9-5-3-2-4-6-9/h2-7,15-16,19H,8H2,1H3. The normalized spacial score (nSPS) is 14.4. The smallest absolute Gasteiger partial charge is 0.177 e. The van der Waals surface area contributed by atoms with Crippen LogP contribution in [0.1, 0.15) is 11.1 Å². The molecule has 7 heteroatoms. The van der Waals surface area contributed by atoms with Crippen molar-refractivity contribution in [2.24, 2.45) is 5.10 Å². The molecule has 0 fully saturated rings. The van der Waals surface area contributed by atoms with Crippen LogP contribution in [0, 0.1) is 0 Å². The lowest BCUT2D eigenvalue weighted by Crippen LogP contribution is -2.37. The highest BCUT2D eigenvalue weighted by Gasteiger charge is 2.20. The highest BCUT2D eigenvalue weighted by Crippen LogP contribution is 2.17. The predicted octanol–water partition coefficient (Wildman–Crippen LogP) is 0.836. The van der Waals surface area contributed by atoms with Gasteiger partial charge in [0, 0.05) is 7.05 Å². The number of hydrogen-bond donors (Lipinski definition) is 3. The highest BCUT2D eigenvalue weighted by molar-refractivity contribution is 7.80. The lowest BCUT2D eigenvalue weighted by Gasteiger charge is -2.11. The first-order valence-electron chi connectivity index (χ1n) is 5.87. The molecular weight excluding hydrogens is 260 g/mol. The quantitative estimate of drug-likeness (QED) is 0.726. The summed E-state index contributed by atoms with van der Waals surface area (Å²) in [6.45, 7) is 0.692. The van der Waals surface area contributed by atoms with E-state index in [9.17, 15) is 0 Å². The van der Waals surface area contributed by atoms with E-state index in [-0.39, 0.29) is 0 Å². The third-order valence-electron chi connectivity index (χ3n) is 2.92. The fourth-order valence-corrected chi connectivity index (χ4v) is 2.21. The van der Waals surface area contributed by atoms with Crippen molar-refractivity contribution >= 4 is 18.5 Å². The van der Waals surface area contributed by atoms with Gasteiger partial charge in [0.1, 0.15) is 5.03 Å². The molecule has 1 aliphatic rings. The molecule has 0 unspecified atom stereocenters. The summed E-state index contributed by atoms with van der Waals surface area (Å²) in [4.78, 5) is 0. The first-order chi connectivity index (χ1) is 9.25. The van der Waals surface area contributed by atoms with Gasteiger partial charge in [-0.2, -0.15) is 5.10 Å². The van der Waals surface area contributed by atoms with Gasteiger partial charge in [-0.1, -0.05) is 30.3 Å². The lowest BCUT2D eigenvalue weighted by molar-refractivity contribution is 0.348. The van der Waals surface area contributed by atoms with Crippen molar-refractivity contribution in [1.29, 1.82) is 0 Å². The fraction of sp³-hybridized carbons (Fsp3) is 0.167. The molecule has 3 rings (SSSR count). The van der Waals surface area contributed by atoms with Crippen molar-refractivity contribution in [2.45, 2.75) is 11.6 Å². The van der Waals surface area contributed by atoms with Crippen LogP contribution in [0.5, 0.6) is 0 Å². The number of amidine groups is 1. The zero-order valence-electron chi connectivity index (χ0n) is 10.4. The average molecular weight is 274 g/mol. The molecule has 0 atom stereocenters. The number of benzene rings is 1. The monoisotopic (exact) mass is 274 g/mol. The van der Waals surface area contributed by atoms with Crippen molar-refractivity contribution in [3.05, 3.63) is 47.7 Å². The molecule has 1 aromatic heterocycles. The maximum Gasteiger partial charge on any atom is 0.177 e. The highest BCUT2D eigenvalue weighted by atomic mass is 32.1.